The van der Waals surface area contributed by atoms with Crippen molar-refractivity contribution >= 4 is 11.3 Å². The van der Waals surface area contributed by atoms with Gasteiger partial charge in [-0.25, -0.2) is 4.98 Å². The number of hydrogen-bond acceptors (Lipinski definition) is 3. The molecule has 0 saturated carbocycles. The Morgan fingerprint density at radius 1 is 1.22 bits per heavy atom. The predicted octanol–water partition coefficient (Wildman–Crippen LogP) is 3.07. The van der Waals surface area contributed by atoms with Gasteiger partial charge in [0.1, 0.15) is 0 Å². The van der Waals surface area contributed by atoms with Crippen molar-refractivity contribution in [3.05, 3.63) is 52.0 Å². The first-order valence-electron chi connectivity index (χ1n) is 6.37. The van der Waals surface area contributed by atoms with Crippen LogP contribution in [0.15, 0.2) is 35.7 Å². The van der Waals surface area contributed by atoms with Crippen molar-refractivity contribution in [3.8, 4) is 0 Å². The van der Waals surface area contributed by atoms with Crippen molar-refractivity contribution in [2.75, 3.05) is 13.6 Å². The van der Waals surface area contributed by atoms with E-state index in [0.717, 1.165) is 24.4 Å². The Kier molecular flexibility index (Phi) is 4.90. The van der Waals surface area contributed by atoms with Gasteiger partial charge in [-0.3, -0.25) is 0 Å². The summed E-state index contributed by atoms with van der Waals surface area (Å²) in [7, 11) is 2.02. The highest BCUT2D eigenvalue weighted by Crippen LogP contribution is 2.16. The van der Waals surface area contributed by atoms with E-state index in [0.29, 0.717) is 5.92 Å². The fourth-order valence-corrected chi connectivity index (χ4v) is 2.88. The molecule has 1 heterocycles. The quantitative estimate of drug-likeness (QED) is 0.863. The first-order chi connectivity index (χ1) is 8.78. The maximum Gasteiger partial charge on any atom is 0.0897 e. The second kappa shape index (κ2) is 6.66. The molecular weight excluding hydrogens is 240 g/mol. The summed E-state index contributed by atoms with van der Waals surface area (Å²) in [6, 6.07) is 10.7. The number of thiazole rings is 1. The van der Waals surface area contributed by atoms with Crippen molar-refractivity contribution in [2.45, 2.75) is 19.8 Å². The van der Waals surface area contributed by atoms with Gasteiger partial charge in [0.25, 0.3) is 0 Å². The van der Waals surface area contributed by atoms with E-state index in [4.69, 9.17) is 0 Å². The van der Waals surface area contributed by atoms with Gasteiger partial charge in [0.15, 0.2) is 0 Å². The highest BCUT2D eigenvalue weighted by atomic mass is 32.1. The molecule has 2 nitrogen and oxygen atoms in total. The zero-order valence-electron chi connectivity index (χ0n) is 11.0. The number of aromatic nitrogens is 1. The monoisotopic (exact) mass is 260 g/mol. The van der Waals surface area contributed by atoms with E-state index in [1.165, 1.54) is 11.3 Å². The van der Waals surface area contributed by atoms with Crippen LogP contribution >= 0.6 is 11.3 Å². The van der Waals surface area contributed by atoms with E-state index >= 15 is 0 Å². The molecule has 1 N–H and O–H groups in total. The SMILES string of the molecule is CNCC(Cc1ccccc1)Cc1csc(C)n1. The topological polar surface area (TPSA) is 24.9 Å². The molecule has 2 rings (SSSR count). The molecule has 1 aromatic carbocycles. The summed E-state index contributed by atoms with van der Waals surface area (Å²) >= 11 is 1.74. The Morgan fingerprint density at radius 3 is 2.61 bits per heavy atom. The third-order valence-electron chi connectivity index (χ3n) is 3.02. The van der Waals surface area contributed by atoms with Crippen LogP contribution in [0.5, 0.6) is 0 Å². The van der Waals surface area contributed by atoms with Crippen LogP contribution < -0.4 is 5.32 Å². The summed E-state index contributed by atoms with van der Waals surface area (Å²) in [6.45, 7) is 3.10. The minimum atomic E-state index is 0.610. The van der Waals surface area contributed by atoms with Crippen LogP contribution in [-0.4, -0.2) is 18.6 Å². The number of nitrogens with one attached hydrogen (secondary N) is 1. The van der Waals surface area contributed by atoms with E-state index in [9.17, 15) is 0 Å². The van der Waals surface area contributed by atoms with E-state index in [-0.39, 0.29) is 0 Å². The van der Waals surface area contributed by atoms with Crippen molar-refractivity contribution in [2.24, 2.45) is 5.92 Å². The van der Waals surface area contributed by atoms with Gasteiger partial charge in [-0.05, 0) is 44.8 Å². The fourth-order valence-electron chi connectivity index (χ4n) is 2.25. The number of rotatable bonds is 6. The molecule has 1 unspecified atom stereocenters. The smallest absolute Gasteiger partial charge is 0.0897 e. The van der Waals surface area contributed by atoms with Gasteiger partial charge in [0, 0.05) is 5.38 Å². The summed E-state index contributed by atoms with van der Waals surface area (Å²) in [6.07, 6.45) is 2.17. The van der Waals surface area contributed by atoms with E-state index in [1.807, 2.05) is 7.05 Å². The number of benzene rings is 1. The van der Waals surface area contributed by atoms with Gasteiger partial charge in [-0.15, -0.1) is 11.3 Å². The maximum absolute atomic E-state index is 4.57. The van der Waals surface area contributed by atoms with Crippen molar-refractivity contribution in [1.82, 2.24) is 10.3 Å². The van der Waals surface area contributed by atoms with E-state index in [1.54, 1.807) is 11.3 Å². The van der Waals surface area contributed by atoms with Gasteiger partial charge in [-0.1, -0.05) is 30.3 Å². The van der Waals surface area contributed by atoms with Gasteiger partial charge in [0.2, 0.25) is 0 Å². The first kappa shape index (κ1) is 13.2. The average Bonchev–Trinajstić information content (AvgIpc) is 2.76. The molecule has 0 saturated heterocycles. The highest BCUT2D eigenvalue weighted by Gasteiger charge is 2.11. The van der Waals surface area contributed by atoms with Crippen molar-refractivity contribution < 1.29 is 0 Å². The fraction of sp³-hybridized carbons (Fsp3) is 0.400. The standard InChI is InChI=1S/C15H20N2S/c1-12-17-15(11-18-12)9-14(10-16-2)8-13-6-4-3-5-7-13/h3-7,11,14,16H,8-10H2,1-2H3. The Morgan fingerprint density at radius 2 is 2.00 bits per heavy atom. The molecule has 0 radical (unpaired) electrons. The zero-order valence-corrected chi connectivity index (χ0v) is 11.8. The minimum Gasteiger partial charge on any atom is -0.319 e. The summed E-state index contributed by atoms with van der Waals surface area (Å²) < 4.78 is 0. The van der Waals surface area contributed by atoms with Crippen LogP contribution in [-0.2, 0) is 12.8 Å². The molecule has 0 amide bonds. The van der Waals surface area contributed by atoms with Gasteiger partial charge in [0.05, 0.1) is 10.7 Å². The van der Waals surface area contributed by atoms with Crippen molar-refractivity contribution in [1.29, 1.82) is 0 Å². The average molecular weight is 260 g/mol. The molecule has 0 bridgehead atoms. The molecule has 0 spiro atoms. The second-order valence-corrected chi connectivity index (χ2v) is 5.74. The highest BCUT2D eigenvalue weighted by molar-refractivity contribution is 7.09. The Labute approximate surface area is 113 Å². The lowest BCUT2D eigenvalue weighted by atomic mass is 9.95. The molecule has 0 aliphatic heterocycles. The van der Waals surface area contributed by atoms with E-state index < -0.39 is 0 Å². The number of hydrogen-bond donors (Lipinski definition) is 1. The molecule has 2 aromatic rings. The minimum absolute atomic E-state index is 0.610. The normalized spacial score (nSPS) is 12.6. The van der Waals surface area contributed by atoms with Crippen LogP contribution in [0.3, 0.4) is 0 Å². The van der Waals surface area contributed by atoms with Gasteiger partial charge in [-0.2, -0.15) is 0 Å². The Balaban J connectivity index is 1.99. The molecule has 18 heavy (non-hydrogen) atoms. The van der Waals surface area contributed by atoms with Gasteiger partial charge < -0.3 is 5.32 Å². The lowest BCUT2D eigenvalue weighted by molar-refractivity contribution is 0.489. The largest absolute Gasteiger partial charge is 0.319 e. The van der Waals surface area contributed by atoms with Crippen LogP contribution in [0.2, 0.25) is 0 Å². The Hall–Kier alpha value is -1.19. The molecule has 1 atom stereocenters. The zero-order chi connectivity index (χ0) is 12.8. The van der Waals surface area contributed by atoms with Crippen LogP contribution in [0.25, 0.3) is 0 Å². The number of aryl methyl sites for hydroxylation is 1. The lowest BCUT2D eigenvalue weighted by Crippen LogP contribution is -2.22. The summed E-state index contributed by atoms with van der Waals surface area (Å²) in [5.41, 5.74) is 2.64. The third-order valence-corrected chi connectivity index (χ3v) is 3.85. The number of nitrogens with zero attached hydrogens (tertiary/aromatic N) is 1. The third kappa shape index (κ3) is 3.93. The van der Waals surface area contributed by atoms with Crippen molar-refractivity contribution in [3.63, 3.8) is 0 Å². The predicted molar refractivity (Wildman–Crippen MR) is 78.1 cm³/mol. The van der Waals surface area contributed by atoms with E-state index in [2.05, 4.69) is 52.9 Å². The summed E-state index contributed by atoms with van der Waals surface area (Å²) in [5, 5.41) is 6.63. The summed E-state index contributed by atoms with van der Waals surface area (Å²) in [5.74, 6) is 0.610. The van der Waals surface area contributed by atoms with Crippen LogP contribution in [0.4, 0.5) is 0 Å². The first-order valence-corrected chi connectivity index (χ1v) is 7.25. The van der Waals surface area contributed by atoms with Gasteiger partial charge >= 0.3 is 0 Å². The molecule has 0 aliphatic carbocycles. The molecule has 3 heteroatoms. The lowest BCUT2D eigenvalue weighted by Gasteiger charge is -2.15. The molecule has 1 aromatic heterocycles. The van der Waals surface area contributed by atoms with Crippen LogP contribution in [0.1, 0.15) is 16.3 Å². The molecule has 0 fully saturated rings. The molecular formula is C15H20N2S. The van der Waals surface area contributed by atoms with Crippen LogP contribution in [0, 0.1) is 12.8 Å². The Bertz CT molecular complexity index is 464. The molecule has 96 valence electrons. The molecule has 0 aliphatic rings. The maximum atomic E-state index is 4.57. The summed E-state index contributed by atoms with van der Waals surface area (Å²) in [4.78, 5) is 4.57. The second-order valence-electron chi connectivity index (χ2n) is 4.68.